The van der Waals surface area contributed by atoms with Gasteiger partial charge in [-0.25, -0.2) is 4.39 Å². The first kappa shape index (κ1) is 11.1. The molecule has 0 unspecified atom stereocenters. The van der Waals surface area contributed by atoms with Gasteiger partial charge in [-0.1, -0.05) is 18.2 Å². The molecule has 2 aromatic rings. The summed E-state index contributed by atoms with van der Waals surface area (Å²) in [6.45, 7) is 0. The third-order valence-electron chi connectivity index (χ3n) is 2.39. The van der Waals surface area contributed by atoms with Crippen LogP contribution in [0.3, 0.4) is 0 Å². The molecule has 0 aromatic heterocycles. The third-order valence-corrected chi connectivity index (χ3v) is 2.39. The van der Waals surface area contributed by atoms with Crippen LogP contribution in [0.5, 0.6) is 0 Å². The number of nitro groups is 1. The van der Waals surface area contributed by atoms with Crippen molar-refractivity contribution in [1.82, 2.24) is 0 Å². The number of hydrogen-bond acceptors (Lipinski definition) is 3. The van der Waals surface area contributed by atoms with E-state index in [9.17, 15) is 14.5 Å². The Morgan fingerprint density at radius 3 is 2.47 bits per heavy atom. The predicted molar refractivity (Wildman–Crippen MR) is 62.9 cm³/mol. The lowest BCUT2D eigenvalue weighted by Gasteiger charge is -2.03. The molecule has 0 bridgehead atoms. The molecule has 2 rings (SSSR count). The SMILES string of the molecule is Nc1ccc(-c2cccc(F)c2)cc1[N+](=O)[O-]. The zero-order valence-electron chi connectivity index (χ0n) is 8.76. The second-order valence-corrected chi connectivity index (χ2v) is 3.54. The number of rotatable bonds is 2. The maximum atomic E-state index is 13.0. The maximum Gasteiger partial charge on any atom is 0.292 e. The molecular weight excluding hydrogens is 223 g/mol. The van der Waals surface area contributed by atoms with Gasteiger partial charge in [0.2, 0.25) is 0 Å². The van der Waals surface area contributed by atoms with E-state index in [2.05, 4.69) is 0 Å². The Kier molecular flexibility index (Phi) is 2.74. The van der Waals surface area contributed by atoms with Crippen molar-refractivity contribution in [3.8, 4) is 11.1 Å². The normalized spacial score (nSPS) is 10.2. The van der Waals surface area contributed by atoms with Gasteiger partial charge in [0.05, 0.1) is 4.92 Å². The van der Waals surface area contributed by atoms with E-state index in [1.807, 2.05) is 0 Å². The lowest BCUT2D eigenvalue weighted by molar-refractivity contribution is -0.383. The van der Waals surface area contributed by atoms with Crippen molar-refractivity contribution in [1.29, 1.82) is 0 Å². The van der Waals surface area contributed by atoms with Crippen LogP contribution in [0.4, 0.5) is 15.8 Å². The van der Waals surface area contributed by atoms with Crippen molar-refractivity contribution in [2.45, 2.75) is 0 Å². The molecular formula is C12H9FN2O2. The highest BCUT2D eigenvalue weighted by atomic mass is 19.1. The molecule has 0 saturated heterocycles. The first-order chi connectivity index (χ1) is 8.08. The molecule has 0 aliphatic rings. The Labute approximate surface area is 96.6 Å². The molecule has 0 heterocycles. The summed E-state index contributed by atoms with van der Waals surface area (Å²) >= 11 is 0. The summed E-state index contributed by atoms with van der Waals surface area (Å²) in [5.41, 5.74) is 6.54. The highest BCUT2D eigenvalue weighted by molar-refractivity contribution is 5.72. The third kappa shape index (κ3) is 2.23. The molecule has 0 aliphatic heterocycles. The molecule has 0 spiro atoms. The molecule has 0 amide bonds. The Balaban J connectivity index is 2.54. The largest absolute Gasteiger partial charge is 0.393 e. The summed E-state index contributed by atoms with van der Waals surface area (Å²) in [6.07, 6.45) is 0. The van der Waals surface area contributed by atoms with Crippen molar-refractivity contribution >= 4 is 11.4 Å². The molecule has 2 aromatic carbocycles. The number of nitrogens with zero attached hydrogens (tertiary/aromatic N) is 1. The van der Waals surface area contributed by atoms with Crippen LogP contribution in [-0.2, 0) is 0 Å². The number of nitro benzene ring substituents is 1. The van der Waals surface area contributed by atoms with E-state index >= 15 is 0 Å². The van der Waals surface area contributed by atoms with Gasteiger partial charge in [0.25, 0.3) is 5.69 Å². The van der Waals surface area contributed by atoms with Gasteiger partial charge >= 0.3 is 0 Å². The molecule has 2 N–H and O–H groups in total. The fraction of sp³-hybridized carbons (Fsp3) is 0. The van der Waals surface area contributed by atoms with Gasteiger partial charge in [0, 0.05) is 6.07 Å². The van der Waals surface area contributed by atoms with Gasteiger partial charge in [-0.2, -0.15) is 0 Å². The average molecular weight is 232 g/mol. The second-order valence-electron chi connectivity index (χ2n) is 3.54. The fourth-order valence-electron chi connectivity index (χ4n) is 1.55. The number of nitrogens with two attached hydrogens (primary N) is 1. The lowest BCUT2D eigenvalue weighted by Crippen LogP contribution is -1.95. The highest BCUT2D eigenvalue weighted by Crippen LogP contribution is 2.28. The zero-order chi connectivity index (χ0) is 12.4. The number of benzene rings is 2. The maximum absolute atomic E-state index is 13.0. The van der Waals surface area contributed by atoms with Crippen LogP contribution < -0.4 is 5.73 Å². The van der Waals surface area contributed by atoms with Gasteiger partial charge in [0.15, 0.2) is 0 Å². The van der Waals surface area contributed by atoms with E-state index in [-0.39, 0.29) is 17.2 Å². The van der Waals surface area contributed by atoms with Crippen molar-refractivity contribution < 1.29 is 9.31 Å². The van der Waals surface area contributed by atoms with E-state index in [0.717, 1.165) is 0 Å². The number of halogens is 1. The molecule has 0 aliphatic carbocycles. The Morgan fingerprint density at radius 2 is 1.82 bits per heavy atom. The summed E-state index contributed by atoms with van der Waals surface area (Å²) in [4.78, 5) is 10.2. The lowest BCUT2D eigenvalue weighted by atomic mass is 10.0. The highest BCUT2D eigenvalue weighted by Gasteiger charge is 2.12. The van der Waals surface area contributed by atoms with Crippen molar-refractivity contribution in [3.63, 3.8) is 0 Å². The molecule has 0 saturated carbocycles. The van der Waals surface area contributed by atoms with Crippen molar-refractivity contribution in [3.05, 3.63) is 58.4 Å². The summed E-state index contributed by atoms with van der Waals surface area (Å²) in [7, 11) is 0. The smallest absolute Gasteiger partial charge is 0.292 e. The second kappa shape index (κ2) is 4.21. The summed E-state index contributed by atoms with van der Waals surface area (Å²) in [6, 6.07) is 10.3. The van der Waals surface area contributed by atoms with Crippen LogP contribution in [-0.4, -0.2) is 4.92 Å². The van der Waals surface area contributed by atoms with Crippen LogP contribution in [0.1, 0.15) is 0 Å². The quantitative estimate of drug-likeness (QED) is 0.491. The summed E-state index contributed by atoms with van der Waals surface area (Å²) in [5, 5.41) is 10.7. The molecule has 5 heteroatoms. The Hall–Kier alpha value is -2.43. The monoisotopic (exact) mass is 232 g/mol. The van der Waals surface area contributed by atoms with Gasteiger partial charge in [0.1, 0.15) is 11.5 Å². The molecule has 17 heavy (non-hydrogen) atoms. The standard InChI is InChI=1S/C12H9FN2O2/c13-10-3-1-2-8(6-10)9-4-5-11(14)12(7-9)15(16)17/h1-7H,14H2. The van der Waals surface area contributed by atoms with Crippen LogP contribution in [0.2, 0.25) is 0 Å². The molecule has 0 atom stereocenters. The summed E-state index contributed by atoms with van der Waals surface area (Å²) in [5.74, 6) is -0.387. The van der Waals surface area contributed by atoms with Crippen LogP contribution in [0, 0.1) is 15.9 Å². The summed E-state index contributed by atoms with van der Waals surface area (Å²) < 4.78 is 13.0. The average Bonchev–Trinajstić information content (AvgIpc) is 2.29. The number of hydrogen-bond donors (Lipinski definition) is 1. The van der Waals surface area contributed by atoms with Gasteiger partial charge in [-0.05, 0) is 29.3 Å². The predicted octanol–water partition coefficient (Wildman–Crippen LogP) is 2.98. The number of anilines is 1. The minimum Gasteiger partial charge on any atom is -0.393 e. The Morgan fingerprint density at radius 1 is 1.12 bits per heavy atom. The van der Waals surface area contributed by atoms with Crippen LogP contribution >= 0.6 is 0 Å². The van der Waals surface area contributed by atoms with E-state index in [1.54, 1.807) is 18.2 Å². The molecule has 86 valence electrons. The van der Waals surface area contributed by atoms with E-state index < -0.39 is 4.92 Å². The first-order valence-corrected chi connectivity index (χ1v) is 4.88. The van der Waals surface area contributed by atoms with Gasteiger partial charge in [-0.3, -0.25) is 10.1 Å². The van der Waals surface area contributed by atoms with Crippen molar-refractivity contribution in [2.75, 3.05) is 5.73 Å². The minimum atomic E-state index is -0.557. The molecule has 0 radical (unpaired) electrons. The van der Waals surface area contributed by atoms with Crippen LogP contribution in [0.15, 0.2) is 42.5 Å². The zero-order valence-corrected chi connectivity index (χ0v) is 8.76. The molecule has 0 fully saturated rings. The van der Waals surface area contributed by atoms with Gasteiger partial charge < -0.3 is 5.73 Å². The first-order valence-electron chi connectivity index (χ1n) is 4.88. The topological polar surface area (TPSA) is 69.2 Å². The molecule has 4 nitrogen and oxygen atoms in total. The fourth-order valence-corrected chi connectivity index (χ4v) is 1.55. The van der Waals surface area contributed by atoms with E-state index in [0.29, 0.717) is 11.1 Å². The van der Waals surface area contributed by atoms with Gasteiger partial charge in [-0.15, -0.1) is 0 Å². The number of nitrogen functional groups attached to an aromatic ring is 1. The Bertz CT molecular complexity index is 584. The van der Waals surface area contributed by atoms with Crippen LogP contribution in [0.25, 0.3) is 11.1 Å². The minimum absolute atomic E-state index is 0.0927. The van der Waals surface area contributed by atoms with E-state index in [4.69, 9.17) is 5.73 Å². The van der Waals surface area contributed by atoms with E-state index in [1.165, 1.54) is 24.3 Å². The van der Waals surface area contributed by atoms with Crippen molar-refractivity contribution in [2.24, 2.45) is 0 Å².